The number of hydrogen-bond acceptors (Lipinski definition) is 3. The standard InChI is InChI=1S/C12H22F3N3O.2ClH/c1-11(2,3)9(16)10(19)18-6-4-17(5-7-18)8-12(13,14)15;;/h9H,4-8,16H2,1-3H3;2*1H/t9-;;/m1../s1. The average Bonchev–Trinajstić information content (AvgIpc) is 2.24. The molecule has 1 atom stereocenters. The molecule has 1 amide bonds. The minimum Gasteiger partial charge on any atom is -0.339 e. The first-order valence-corrected chi connectivity index (χ1v) is 6.34. The summed E-state index contributed by atoms with van der Waals surface area (Å²) in [4.78, 5) is 15.0. The van der Waals surface area contributed by atoms with Crippen LogP contribution in [0.3, 0.4) is 0 Å². The van der Waals surface area contributed by atoms with E-state index in [0.717, 1.165) is 0 Å². The van der Waals surface area contributed by atoms with Gasteiger partial charge in [-0.15, -0.1) is 24.8 Å². The number of carbonyl (C=O) groups excluding carboxylic acids is 1. The Hall–Kier alpha value is -0.240. The summed E-state index contributed by atoms with van der Waals surface area (Å²) in [7, 11) is 0. The maximum Gasteiger partial charge on any atom is 0.401 e. The van der Waals surface area contributed by atoms with E-state index in [1.54, 1.807) is 4.90 Å². The number of nitrogens with two attached hydrogens (primary N) is 1. The van der Waals surface area contributed by atoms with E-state index in [1.165, 1.54) is 4.90 Å². The summed E-state index contributed by atoms with van der Waals surface area (Å²) in [6.45, 7) is 5.78. The number of amides is 1. The molecule has 1 aliphatic rings. The van der Waals surface area contributed by atoms with Crippen molar-refractivity contribution in [2.45, 2.75) is 33.0 Å². The Morgan fingerprint density at radius 2 is 1.52 bits per heavy atom. The van der Waals surface area contributed by atoms with Gasteiger partial charge in [-0.3, -0.25) is 9.69 Å². The maximum atomic E-state index is 12.2. The predicted octanol–water partition coefficient (Wildman–Crippen LogP) is 1.91. The summed E-state index contributed by atoms with van der Waals surface area (Å²) < 4.78 is 36.7. The number of nitrogens with zero attached hydrogens (tertiary/aromatic N) is 2. The molecule has 0 aromatic rings. The zero-order valence-corrected chi connectivity index (χ0v) is 14.1. The number of hydrogen-bond donors (Lipinski definition) is 1. The van der Waals surface area contributed by atoms with E-state index >= 15 is 0 Å². The van der Waals surface area contributed by atoms with Crippen molar-refractivity contribution in [2.75, 3.05) is 32.7 Å². The van der Waals surface area contributed by atoms with E-state index in [0.29, 0.717) is 13.1 Å². The highest BCUT2D eigenvalue weighted by molar-refractivity contribution is 5.85. The molecule has 1 aliphatic heterocycles. The van der Waals surface area contributed by atoms with Gasteiger partial charge in [-0.25, -0.2) is 0 Å². The fourth-order valence-corrected chi connectivity index (χ4v) is 1.95. The highest BCUT2D eigenvalue weighted by Crippen LogP contribution is 2.21. The summed E-state index contributed by atoms with van der Waals surface area (Å²) in [5.41, 5.74) is 5.53. The predicted molar refractivity (Wildman–Crippen MR) is 81.0 cm³/mol. The first kappa shape index (κ1) is 23.0. The number of alkyl halides is 3. The molecule has 0 unspecified atom stereocenters. The third-order valence-electron chi connectivity index (χ3n) is 3.29. The van der Waals surface area contributed by atoms with Gasteiger partial charge in [-0.2, -0.15) is 13.2 Å². The molecule has 0 aromatic carbocycles. The molecule has 128 valence electrons. The van der Waals surface area contributed by atoms with Crippen LogP contribution >= 0.6 is 24.8 Å². The average molecular weight is 354 g/mol. The molecule has 4 nitrogen and oxygen atoms in total. The smallest absolute Gasteiger partial charge is 0.339 e. The summed E-state index contributed by atoms with van der Waals surface area (Å²) in [6.07, 6.45) is -4.19. The summed E-state index contributed by atoms with van der Waals surface area (Å²) in [5, 5.41) is 0. The molecule has 0 saturated carbocycles. The number of carbonyl (C=O) groups is 1. The third-order valence-corrected chi connectivity index (χ3v) is 3.29. The van der Waals surface area contributed by atoms with Crippen LogP contribution in [0.5, 0.6) is 0 Å². The Bertz CT molecular complexity index is 327. The summed E-state index contributed by atoms with van der Waals surface area (Å²) in [5.74, 6) is -0.181. The monoisotopic (exact) mass is 353 g/mol. The topological polar surface area (TPSA) is 49.6 Å². The van der Waals surface area contributed by atoms with Crippen molar-refractivity contribution in [1.82, 2.24) is 9.80 Å². The van der Waals surface area contributed by atoms with E-state index in [2.05, 4.69) is 0 Å². The second kappa shape index (κ2) is 8.41. The van der Waals surface area contributed by atoms with Crippen LogP contribution < -0.4 is 5.73 Å². The molecule has 0 spiro atoms. The quantitative estimate of drug-likeness (QED) is 0.824. The minimum atomic E-state index is -4.19. The Balaban J connectivity index is 0. The molecular formula is C12H24Cl2F3N3O. The fourth-order valence-electron chi connectivity index (χ4n) is 1.95. The Kier molecular flexibility index (Phi) is 9.22. The van der Waals surface area contributed by atoms with Crippen LogP contribution in [-0.2, 0) is 4.79 Å². The van der Waals surface area contributed by atoms with Gasteiger partial charge in [0.05, 0.1) is 12.6 Å². The van der Waals surface area contributed by atoms with Crippen molar-refractivity contribution < 1.29 is 18.0 Å². The van der Waals surface area contributed by atoms with Crippen molar-refractivity contribution in [3.63, 3.8) is 0 Å². The van der Waals surface area contributed by atoms with Gasteiger partial charge in [-0.1, -0.05) is 20.8 Å². The summed E-state index contributed by atoms with van der Waals surface area (Å²) in [6, 6.07) is -0.623. The van der Waals surface area contributed by atoms with Crippen LogP contribution in [0.25, 0.3) is 0 Å². The van der Waals surface area contributed by atoms with Crippen molar-refractivity contribution >= 4 is 30.7 Å². The van der Waals surface area contributed by atoms with Crippen LogP contribution in [0.4, 0.5) is 13.2 Å². The zero-order valence-electron chi connectivity index (χ0n) is 12.4. The van der Waals surface area contributed by atoms with Gasteiger partial charge in [0.15, 0.2) is 0 Å². The molecule has 1 saturated heterocycles. The molecule has 21 heavy (non-hydrogen) atoms. The van der Waals surface area contributed by atoms with Crippen molar-refractivity contribution in [3.8, 4) is 0 Å². The van der Waals surface area contributed by atoms with Crippen LogP contribution in [-0.4, -0.2) is 60.6 Å². The SMILES string of the molecule is CC(C)(C)[C@H](N)C(=O)N1CCN(CC(F)(F)F)CC1.Cl.Cl. The molecule has 0 bridgehead atoms. The molecule has 9 heteroatoms. The Labute approximate surface area is 136 Å². The number of rotatable bonds is 2. The van der Waals surface area contributed by atoms with Crippen molar-refractivity contribution in [2.24, 2.45) is 11.1 Å². The van der Waals surface area contributed by atoms with Crippen molar-refractivity contribution in [1.29, 1.82) is 0 Å². The second-order valence-electron chi connectivity index (χ2n) is 6.06. The van der Waals surface area contributed by atoms with Crippen LogP contribution in [0, 0.1) is 5.41 Å². The first-order valence-electron chi connectivity index (χ1n) is 6.34. The maximum absolute atomic E-state index is 12.2. The lowest BCUT2D eigenvalue weighted by Gasteiger charge is -2.38. The van der Waals surface area contributed by atoms with Crippen molar-refractivity contribution in [3.05, 3.63) is 0 Å². The van der Waals surface area contributed by atoms with Gasteiger partial charge in [0.2, 0.25) is 5.91 Å². The first-order chi connectivity index (χ1) is 8.50. The molecule has 0 radical (unpaired) electrons. The molecule has 1 fully saturated rings. The largest absolute Gasteiger partial charge is 0.401 e. The van der Waals surface area contributed by atoms with E-state index in [9.17, 15) is 18.0 Å². The lowest BCUT2D eigenvalue weighted by atomic mass is 9.86. The highest BCUT2D eigenvalue weighted by Gasteiger charge is 2.35. The lowest BCUT2D eigenvalue weighted by molar-refractivity contribution is -0.152. The molecule has 0 aliphatic carbocycles. The van der Waals surface area contributed by atoms with E-state index in [1.807, 2.05) is 20.8 Å². The van der Waals surface area contributed by atoms with Gasteiger partial charge in [0.1, 0.15) is 0 Å². The van der Waals surface area contributed by atoms with Crippen LogP contribution in [0.2, 0.25) is 0 Å². The van der Waals surface area contributed by atoms with E-state index in [-0.39, 0.29) is 49.2 Å². The normalized spacial score (nSPS) is 18.5. The molecule has 1 rings (SSSR count). The van der Waals surface area contributed by atoms with Gasteiger partial charge in [0, 0.05) is 26.2 Å². The van der Waals surface area contributed by atoms with E-state index < -0.39 is 18.8 Å². The zero-order chi connectivity index (χ0) is 14.8. The van der Waals surface area contributed by atoms with Crippen LogP contribution in [0.15, 0.2) is 0 Å². The Morgan fingerprint density at radius 1 is 1.10 bits per heavy atom. The van der Waals surface area contributed by atoms with E-state index in [4.69, 9.17) is 5.73 Å². The highest BCUT2D eigenvalue weighted by atomic mass is 35.5. The lowest BCUT2D eigenvalue weighted by Crippen LogP contribution is -2.57. The fraction of sp³-hybridized carbons (Fsp3) is 0.917. The Morgan fingerprint density at radius 3 is 1.86 bits per heavy atom. The molecule has 2 N–H and O–H groups in total. The minimum absolute atomic E-state index is 0. The van der Waals surface area contributed by atoms with Gasteiger partial charge < -0.3 is 10.6 Å². The second-order valence-corrected chi connectivity index (χ2v) is 6.06. The van der Waals surface area contributed by atoms with Gasteiger partial charge >= 0.3 is 6.18 Å². The molecular weight excluding hydrogens is 330 g/mol. The van der Waals surface area contributed by atoms with Gasteiger partial charge in [0.25, 0.3) is 0 Å². The summed E-state index contributed by atoms with van der Waals surface area (Å²) >= 11 is 0. The third kappa shape index (κ3) is 7.54. The van der Waals surface area contributed by atoms with Gasteiger partial charge in [-0.05, 0) is 5.41 Å². The number of piperazine rings is 1. The molecule has 0 aromatic heterocycles. The number of halogens is 5. The van der Waals surface area contributed by atoms with Crippen LogP contribution in [0.1, 0.15) is 20.8 Å². The molecule has 1 heterocycles.